The maximum absolute atomic E-state index is 12.4. The Kier molecular flexibility index (Phi) is 5.57. The van der Waals surface area contributed by atoms with Crippen LogP contribution >= 0.6 is 0 Å². The molecule has 2 N–H and O–H groups in total. The van der Waals surface area contributed by atoms with E-state index in [0.29, 0.717) is 12.1 Å². The molecule has 166 valence electrons. The molecule has 0 aliphatic rings. The van der Waals surface area contributed by atoms with E-state index in [1.165, 1.54) is 5.52 Å². The average molecular weight is 440 g/mol. The molecule has 0 aliphatic heterocycles. The molecule has 6 heteroatoms. The topological polar surface area (TPSA) is 76.1 Å². The number of aryl methyl sites for hydroxylation is 2. The molecule has 6 nitrogen and oxygen atoms in total. The van der Waals surface area contributed by atoms with E-state index in [2.05, 4.69) is 33.9 Å². The van der Waals surface area contributed by atoms with E-state index < -0.39 is 5.97 Å². The van der Waals surface area contributed by atoms with Gasteiger partial charge in [-0.2, -0.15) is 0 Å². The molecule has 0 unspecified atom stereocenters. The lowest BCUT2D eigenvalue weighted by molar-refractivity contribution is -0.147. The van der Waals surface area contributed by atoms with Crippen molar-refractivity contribution in [1.82, 2.24) is 9.55 Å². The van der Waals surface area contributed by atoms with E-state index >= 15 is 0 Å². The van der Waals surface area contributed by atoms with Gasteiger partial charge in [-0.3, -0.25) is 9.59 Å². The van der Waals surface area contributed by atoms with Crippen LogP contribution in [0, 0.1) is 0 Å². The second kappa shape index (κ2) is 8.82. The van der Waals surface area contributed by atoms with Crippen LogP contribution in [0.1, 0.15) is 18.9 Å². The van der Waals surface area contributed by atoms with Crippen LogP contribution in [0.5, 0.6) is 0 Å². The third-order valence-electron chi connectivity index (χ3n) is 6.01. The Morgan fingerprint density at radius 2 is 1.70 bits per heavy atom. The van der Waals surface area contributed by atoms with Crippen molar-refractivity contribution in [2.45, 2.75) is 26.3 Å². The first kappa shape index (κ1) is 20.8. The van der Waals surface area contributed by atoms with Gasteiger partial charge in [0.25, 0.3) is 5.91 Å². The molecule has 0 saturated heterocycles. The lowest BCUT2D eigenvalue weighted by atomic mass is 10.1. The molecule has 1 amide bonds. The van der Waals surface area contributed by atoms with Crippen LogP contribution in [-0.4, -0.2) is 28.0 Å². The third-order valence-corrected chi connectivity index (χ3v) is 6.01. The number of rotatable bonds is 7. The van der Waals surface area contributed by atoms with Crippen LogP contribution < -0.4 is 5.32 Å². The van der Waals surface area contributed by atoms with Crippen molar-refractivity contribution < 1.29 is 14.3 Å². The maximum atomic E-state index is 12.4. The summed E-state index contributed by atoms with van der Waals surface area (Å²) < 4.78 is 7.46. The number of fused-ring (bicyclic) bond motifs is 4. The Bertz CT molecular complexity index is 1480. The molecule has 0 bridgehead atoms. The van der Waals surface area contributed by atoms with Crippen molar-refractivity contribution in [3.63, 3.8) is 0 Å². The minimum absolute atomic E-state index is 0.220. The van der Waals surface area contributed by atoms with E-state index in [9.17, 15) is 9.59 Å². The first-order chi connectivity index (χ1) is 16.1. The molecule has 0 saturated carbocycles. The van der Waals surface area contributed by atoms with Gasteiger partial charge in [-0.05, 0) is 49.2 Å². The van der Waals surface area contributed by atoms with Crippen LogP contribution in [0.4, 0.5) is 5.69 Å². The number of carbonyl (C=O) groups is 2. The average Bonchev–Trinajstić information content (AvgIpc) is 3.40. The number of ether oxygens (including phenoxy) is 1. The number of aromatic amines is 1. The predicted octanol–water partition coefficient (Wildman–Crippen LogP) is 5.41. The number of benzene rings is 3. The molecule has 2 heterocycles. The summed E-state index contributed by atoms with van der Waals surface area (Å²) in [7, 11) is 0. The molecule has 5 aromatic rings. The zero-order valence-electron chi connectivity index (χ0n) is 18.4. The molecule has 5 rings (SSSR count). The highest BCUT2D eigenvalue weighted by Gasteiger charge is 2.13. The molecule has 0 spiro atoms. The van der Waals surface area contributed by atoms with Gasteiger partial charge in [0.15, 0.2) is 6.61 Å². The summed E-state index contributed by atoms with van der Waals surface area (Å²) in [6, 6.07) is 22.1. The standard InChI is InChI=1S/C27H25N3O3/c1-2-30-24-10-6-4-8-21(24)22-15-19(12-13-25(22)30)29-26(31)17-33-27(32)14-11-18-16-28-23-9-5-3-7-20(18)23/h3-10,12-13,15-16,28H,2,11,14,17H2,1H3,(H,29,31). The second-order valence-corrected chi connectivity index (χ2v) is 8.06. The number of nitrogens with zero attached hydrogens (tertiary/aromatic N) is 1. The number of anilines is 1. The molecule has 2 aromatic heterocycles. The molecular formula is C27H25N3O3. The summed E-state index contributed by atoms with van der Waals surface area (Å²) in [4.78, 5) is 27.8. The smallest absolute Gasteiger partial charge is 0.306 e. The zero-order chi connectivity index (χ0) is 22.8. The van der Waals surface area contributed by atoms with E-state index in [1.54, 1.807) is 0 Å². The van der Waals surface area contributed by atoms with E-state index in [0.717, 1.165) is 39.3 Å². The fourth-order valence-electron chi connectivity index (χ4n) is 4.46. The van der Waals surface area contributed by atoms with Crippen molar-refractivity contribution >= 4 is 50.3 Å². The quantitative estimate of drug-likeness (QED) is 0.333. The van der Waals surface area contributed by atoms with Crippen molar-refractivity contribution in [1.29, 1.82) is 0 Å². The van der Waals surface area contributed by atoms with Crippen molar-refractivity contribution in [2.24, 2.45) is 0 Å². The number of amides is 1. The zero-order valence-corrected chi connectivity index (χ0v) is 18.4. The molecule has 0 atom stereocenters. The van der Waals surface area contributed by atoms with Crippen LogP contribution in [0.25, 0.3) is 32.7 Å². The first-order valence-corrected chi connectivity index (χ1v) is 11.2. The Morgan fingerprint density at radius 3 is 2.55 bits per heavy atom. The Labute approximate surface area is 191 Å². The Morgan fingerprint density at radius 1 is 0.939 bits per heavy atom. The van der Waals surface area contributed by atoms with Crippen LogP contribution in [-0.2, 0) is 27.3 Å². The number of hydrogen-bond acceptors (Lipinski definition) is 3. The minimum atomic E-state index is -0.392. The minimum Gasteiger partial charge on any atom is -0.456 e. The molecule has 3 aromatic carbocycles. The van der Waals surface area contributed by atoms with Gasteiger partial charge in [0.1, 0.15) is 0 Å². The highest BCUT2D eigenvalue weighted by atomic mass is 16.5. The summed E-state index contributed by atoms with van der Waals surface area (Å²) in [6.07, 6.45) is 2.69. The summed E-state index contributed by atoms with van der Waals surface area (Å²) in [6.45, 7) is 2.68. The molecule has 0 radical (unpaired) electrons. The van der Waals surface area contributed by atoms with Crippen LogP contribution in [0.2, 0.25) is 0 Å². The van der Waals surface area contributed by atoms with Crippen LogP contribution in [0.3, 0.4) is 0 Å². The number of aromatic nitrogens is 2. The van der Waals surface area contributed by atoms with Crippen LogP contribution in [0.15, 0.2) is 72.9 Å². The summed E-state index contributed by atoms with van der Waals surface area (Å²) in [5, 5.41) is 6.18. The highest BCUT2D eigenvalue weighted by Crippen LogP contribution is 2.31. The van der Waals surface area contributed by atoms with Gasteiger partial charge in [-0.25, -0.2) is 0 Å². The number of nitrogens with one attached hydrogen (secondary N) is 2. The van der Waals surface area contributed by atoms with Gasteiger partial charge in [-0.1, -0.05) is 36.4 Å². The summed E-state index contributed by atoms with van der Waals surface area (Å²) in [5.74, 6) is -0.745. The van der Waals surface area contributed by atoms with E-state index in [4.69, 9.17) is 4.74 Å². The predicted molar refractivity (Wildman–Crippen MR) is 131 cm³/mol. The van der Waals surface area contributed by atoms with Gasteiger partial charge in [0.05, 0.1) is 0 Å². The number of esters is 1. The largest absolute Gasteiger partial charge is 0.456 e. The normalized spacial score (nSPS) is 11.3. The fraction of sp³-hybridized carbons (Fsp3) is 0.185. The van der Waals surface area contributed by atoms with Gasteiger partial charge >= 0.3 is 5.97 Å². The second-order valence-electron chi connectivity index (χ2n) is 8.06. The van der Waals surface area contributed by atoms with Crippen molar-refractivity contribution in [3.05, 3.63) is 78.5 Å². The molecular weight excluding hydrogens is 414 g/mol. The number of carbonyl (C=O) groups excluding carboxylic acids is 2. The number of hydrogen-bond donors (Lipinski definition) is 2. The molecule has 0 aliphatic carbocycles. The SMILES string of the molecule is CCn1c2ccccc2c2cc(NC(=O)COC(=O)CCc3c[nH]c4ccccc34)ccc21. The first-order valence-electron chi connectivity index (χ1n) is 11.2. The number of para-hydroxylation sites is 2. The van der Waals surface area contributed by atoms with Gasteiger partial charge < -0.3 is 19.6 Å². The molecule has 33 heavy (non-hydrogen) atoms. The molecule has 0 fully saturated rings. The lowest BCUT2D eigenvalue weighted by Gasteiger charge is -2.08. The van der Waals surface area contributed by atoms with Crippen molar-refractivity contribution in [3.8, 4) is 0 Å². The van der Waals surface area contributed by atoms with Gasteiger partial charge in [0, 0.05) is 57.6 Å². The highest BCUT2D eigenvalue weighted by molar-refractivity contribution is 6.09. The monoisotopic (exact) mass is 439 g/mol. The fourth-order valence-corrected chi connectivity index (χ4v) is 4.46. The van der Waals surface area contributed by atoms with Gasteiger partial charge in [0.2, 0.25) is 0 Å². The lowest BCUT2D eigenvalue weighted by Crippen LogP contribution is -2.21. The maximum Gasteiger partial charge on any atom is 0.306 e. The third kappa shape index (κ3) is 4.07. The van der Waals surface area contributed by atoms with Crippen molar-refractivity contribution in [2.75, 3.05) is 11.9 Å². The summed E-state index contributed by atoms with van der Waals surface area (Å²) in [5.41, 5.74) is 5.08. The van der Waals surface area contributed by atoms with E-state index in [-0.39, 0.29) is 18.9 Å². The Hall–Kier alpha value is -4.06. The van der Waals surface area contributed by atoms with Gasteiger partial charge in [-0.15, -0.1) is 0 Å². The Balaban J connectivity index is 1.20. The van der Waals surface area contributed by atoms with E-state index in [1.807, 2.05) is 60.8 Å². The summed E-state index contributed by atoms with van der Waals surface area (Å²) >= 11 is 0. The number of H-pyrrole nitrogens is 1.